The highest BCUT2D eigenvalue weighted by molar-refractivity contribution is 7.98. The minimum Gasteiger partial charge on any atom is -0.326 e. The molecule has 0 aliphatic heterocycles. The zero-order valence-electron chi connectivity index (χ0n) is 14.7. The Morgan fingerprint density at radius 2 is 2.08 bits per heavy atom. The molecule has 7 heteroatoms. The first-order valence-corrected chi connectivity index (χ1v) is 9.86. The van der Waals surface area contributed by atoms with E-state index in [-0.39, 0.29) is 5.91 Å². The summed E-state index contributed by atoms with van der Waals surface area (Å²) < 4.78 is 2.38. The number of carbonyl (C=O) groups is 1. The number of aromatic nitrogens is 3. The Kier molecular flexibility index (Phi) is 5.90. The van der Waals surface area contributed by atoms with Gasteiger partial charge >= 0.3 is 0 Å². The number of carbonyl (C=O) groups excluding carboxylic acids is 1. The SMILES string of the molecule is CSc1cccc(NC(=O)CCn2c(-c3cccc(C)c3)n[nH]c2=S)c1. The highest BCUT2D eigenvalue weighted by Gasteiger charge is 2.11. The van der Waals surface area contributed by atoms with Gasteiger partial charge in [-0.3, -0.25) is 14.5 Å². The first kappa shape index (κ1) is 18.4. The number of aromatic amines is 1. The number of H-pyrrole nitrogens is 1. The van der Waals surface area contributed by atoms with E-state index in [1.54, 1.807) is 11.8 Å². The van der Waals surface area contributed by atoms with Crippen molar-refractivity contribution in [2.24, 2.45) is 0 Å². The molecular weight excluding hydrogens is 364 g/mol. The molecule has 5 nitrogen and oxygen atoms in total. The molecule has 0 atom stereocenters. The lowest BCUT2D eigenvalue weighted by atomic mass is 10.1. The van der Waals surface area contributed by atoms with Crippen LogP contribution in [0.15, 0.2) is 53.4 Å². The van der Waals surface area contributed by atoms with Gasteiger partial charge in [0.05, 0.1) is 0 Å². The highest BCUT2D eigenvalue weighted by atomic mass is 32.2. The van der Waals surface area contributed by atoms with Crippen molar-refractivity contribution >= 4 is 35.6 Å². The van der Waals surface area contributed by atoms with Crippen LogP contribution in [-0.2, 0) is 11.3 Å². The minimum atomic E-state index is -0.0541. The number of aryl methyl sites for hydroxylation is 1. The van der Waals surface area contributed by atoms with Crippen LogP contribution in [0, 0.1) is 11.7 Å². The van der Waals surface area contributed by atoms with Gasteiger partial charge in [-0.1, -0.05) is 29.8 Å². The van der Waals surface area contributed by atoms with Crippen molar-refractivity contribution in [1.82, 2.24) is 14.8 Å². The number of thioether (sulfide) groups is 1. The first-order chi connectivity index (χ1) is 12.6. The maximum Gasteiger partial charge on any atom is 0.226 e. The predicted molar refractivity (Wildman–Crippen MR) is 109 cm³/mol. The van der Waals surface area contributed by atoms with Crippen molar-refractivity contribution in [2.45, 2.75) is 24.8 Å². The van der Waals surface area contributed by atoms with Crippen LogP contribution in [0.3, 0.4) is 0 Å². The average molecular weight is 385 g/mol. The normalized spacial score (nSPS) is 10.7. The van der Waals surface area contributed by atoms with Crippen molar-refractivity contribution in [2.75, 3.05) is 11.6 Å². The van der Waals surface area contributed by atoms with E-state index in [4.69, 9.17) is 12.2 Å². The molecule has 0 saturated heterocycles. The molecule has 0 unspecified atom stereocenters. The fraction of sp³-hybridized carbons (Fsp3) is 0.211. The van der Waals surface area contributed by atoms with E-state index >= 15 is 0 Å². The number of nitrogens with zero attached hydrogens (tertiary/aromatic N) is 2. The quantitative estimate of drug-likeness (QED) is 0.479. The topological polar surface area (TPSA) is 62.7 Å². The molecule has 3 rings (SSSR count). The largest absolute Gasteiger partial charge is 0.326 e. The second-order valence-electron chi connectivity index (χ2n) is 5.90. The third-order valence-corrected chi connectivity index (χ3v) is 4.99. The fourth-order valence-electron chi connectivity index (χ4n) is 2.67. The second kappa shape index (κ2) is 8.33. The molecule has 1 aromatic heterocycles. The zero-order chi connectivity index (χ0) is 18.5. The number of nitrogens with one attached hydrogen (secondary N) is 2. The molecule has 1 heterocycles. The van der Waals surface area contributed by atoms with Gasteiger partial charge in [-0.05, 0) is 49.7 Å². The molecular formula is C19H20N4OS2. The molecule has 0 saturated carbocycles. The molecule has 0 bridgehead atoms. The monoisotopic (exact) mass is 384 g/mol. The van der Waals surface area contributed by atoms with Crippen molar-refractivity contribution in [3.05, 3.63) is 58.9 Å². The number of hydrogen-bond acceptors (Lipinski definition) is 4. The predicted octanol–water partition coefficient (Wildman–Crippen LogP) is 4.67. The van der Waals surface area contributed by atoms with E-state index in [0.717, 1.165) is 27.5 Å². The van der Waals surface area contributed by atoms with E-state index in [9.17, 15) is 4.79 Å². The summed E-state index contributed by atoms with van der Waals surface area (Å²) in [6, 6.07) is 15.9. The lowest BCUT2D eigenvalue weighted by Crippen LogP contribution is -2.15. The molecule has 0 fully saturated rings. The van der Waals surface area contributed by atoms with Crippen LogP contribution < -0.4 is 5.32 Å². The van der Waals surface area contributed by atoms with E-state index in [1.807, 2.05) is 60.2 Å². The van der Waals surface area contributed by atoms with E-state index in [2.05, 4.69) is 21.6 Å². The maximum atomic E-state index is 12.3. The van der Waals surface area contributed by atoms with Gasteiger partial charge < -0.3 is 5.32 Å². The number of amides is 1. The van der Waals surface area contributed by atoms with Crippen LogP contribution in [-0.4, -0.2) is 26.9 Å². The number of rotatable bonds is 6. The highest BCUT2D eigenvalue weighted by Crippen LogP contribution is 2.20. The molecule has 0 aliphatic carbocycles. The van der Waals surface area contributed by atoms with Crippen LogP contribution in [0.25, 0.3) is 11.4 Å². The van der Waals surface area contributed by atoms with Gasteiger partial charge in [0, 0.05) is 29.1 Å². The van der Waals surface area contributed by atoms with E-state index in [0.29, 0.717) is 17.7 Å². The van der Waals surface area contributed by atoms with Gasteiger partial charge in [-0.2, -0.15) is 5.10 Å². The van der Waals surface area contributed by atoms with Crippen LogP contribution in [0.4, 0.5) is 5.69 Å². The third kappa shape index (κ3) is 4.42. The maximum absolute atomic E-state index is 12.3. The second-order valence-corrected chi connectivity index (χ2v) is 7.17. The van der Waals surface area contributed by atoms with Crippen molar-refractivity contribution in [3.8, 4) is 11.4 Å². The summed E-state index contributed by atoms with van der Waals surface area (Å²) in [5.74, 6) is 0.692. The van der Waals surface area contributed by atoms with Gasteiger partial charge in [-0.25, -0.2) is 0 Å². The number of hydrogen-bond donors (Lipinski definition) is 2. The van der Waals surface area contributed by atoms with Gasteiger partial charge in [0.1, 0.15) is 0 Å². The molecule has 26 heavy (non-hydrogen) atoms. The van der Waals surface area contributed by atoms with Gasteiger partial charge in [0.2, 0.25) is 5.91 Å². The van der Waals surface area contributed by atoms with Crippen LogP contribution in [0.2, 0.25) is 0 Å². The Labute approximate surface area is 161 Å². The Hall–Kier alpha value is -2.38. The van der Waals surface area contributed by atoms with Gasteiger partial charge in [-0.15, -0.1) is 11.8 Å². The molecule has 3 aromatic rings. The Morgan fingerprint density at radius 3 is 2.85 bits per heavy atom. The molecule has 0 aliphatic rings. The summed E-state index contributed by atoms with van der Waals surface area (Å²) in [5, 5.41) is 10.1. The van der Waals surface area contributed by atoms with Crippen LogP contribution >= 0.6 is 24.0 Å². The van der Waals surface area contributed by atoms with Crippen LogP contribution in [0.5, 0.6) is 0 Å². The molecule has 134 valence electrons. The lowest BCUT2D eigenvalue weighted by Gasteiger charge is -2.09. The van der Waals surface area contributed by atoms with Crippen molar-refractivity contribution < 1.29 is 4.79 Å². The van der Waals surface area contributed by atoms with Gasteiger partial charge in [0.25, 0.3) is 0 Å². The summed E-state index contributed by atoms with van der Waals surface area (Å²) in [6.45, 7) is 2.50. The third-order valence-electron chi connectivity index (χ3n) is 3.95. The number of anilines is 1. The zero-order valence-corrected chi connectivity index (χ0v) is 16.3. The average Bonchev–Trinajstić information content (AvgIpc) is 3.01. The van der Waals surface area contributed by atoms with Crippen LogP contribution in [0.1, 0.15) is 12.0 Å². The number of benzene rings is 2. The minimum absolute atomic E-state index is 0.0541. The standard InChI is InChI=1S/C19H20N4OS2/c1-13-5-3-6-14(11-13)18-21-22-19(25)23(18)10-9-17(24)20-15-7-4-8-16(12-15)26-2/h3-8,11-12H,9-10H2,1-2H3,(H,20,24)(H,22,25). The Bertz CT molecular complexity index is 977. The summed E-state index contributed by atoms with van der Waals surface area (Å²) >= 11 is 6.97. The summed E-state index contributed by atoms with van der Waals surface area (Å²) in [4.78, 5) is 13.4. The molecule has 0 radical (unpaired) electrons. The van der Waals surface area contributed by atoms with E-state index in [1.165, 1.54) is 0 Å². The molecule has 1 amide bonds. The van der Waals surface area contributed by atoms with Crippen molar-refractivity contribution in [1.29, 1.82) is 0 Å². The fourth-order valence-corrected chi connectivity index (χ4v) is 3.35. The lowest BCUT2D eigenvalue weighted by molar-refractivity contribution is -0.116. The smallest absolute Gasteiger partial charge is 0.226 e. The van der Waals surface area contributed by atoms with E-state index < -0.39 is 0 Å². The molecule has 2 aromatic carbocycles. The summed E-state index contributed by atoms with van der Waals surface area (Å²) in [7, 11) is 0. The Morgan fingerprint density at radius 1 is 1.27 bits per heavy atom. The molecule has 2 N–H and O–H groups in total. The Balaban J connectivity index is 1.71. The first-order valence-electron chi connectivity index (χ1n) is 8.23. The van der Waals surface area contributed by atoms with Crippen molar-refractivity contribution in [3.63, 3.8) is 0 Å². The summed E-state index contributed by atoms with van der Waals surface area (Å²) in [5.41, 5.74) is 2.93. The summed E-state index contributed by atoms with van der Waals surface area (Å²) in [6.07, 6.45) is 2.32. The molecule has 0 spiro atoms. The van der Waals surface area contributed by atoms with Gasteiger partial charge in [0.15, 0.2) is 10.6 Å².